The predicted octanol–water partition coefficient (Wildman–Crippen LogP) is 5.36. The molecule has 0 unspecified atom stereocenters. The van der Waals surface area contributed by atoms with Gasteiger partial charge in [-0.1, -0.05) is 25.1 Å². The summed E-state index contributed by atoms with van der Waals surface area (Å²) in [5, 5.41) is 3.11. The molecule has 3 nitrogen and oxygen atoms in total. The molecule has 140 valence electrons. The summed E-state index contributed by atoms with van der Waals surface area (Å²) in [7, 11) is 0. The SMILES string of the molecule is CCc1ccccc1NC(=O)c1ccnc(C23CC4CC(CC(C4)C2)C3)c1. The molecule has 0 aliphatic heterocycles. The highest BCUT2D eigenvalue weighted by Crippen LogP contribution is 2.60. The Hall–Kier alpha value is -2.16. The standard InChI is InChI=1S/C24H28N2O/c1-2-19-5-3-4-6-21(19)26-23(27)20-7-8-25-22(12-20)24-13-16-9-17(14-24)11-18(10-16)15-24/h3-8,12,16-18H,2,9-11,13-15H2,1H3,(H,26,27). The van der Waals surface area contributed by atoms with Gasteiger partial charge in [-0.3, -0.25) is 9.78 Å². The molecule has 1 heterocycles. The van der Waals surface area contributed by atoms with E-state index in [1.54, 1.807) is 0 Å². The highest BCUT2D eigenvalue weighted by molar-refractivity contribution is 6.04. The van der Waals surface area contributed by atoms with Gasteiger partial charge in [-0.05, 0) is 86.5 Å². The lowest BCUT2D eigenvalue weighted by Gasteiger charge is -2.56. The van der Waals surface area contributed by atoms with Gasteiger partial charge < -0.3 is 5.32 Å². The lowest BCUT2D eigenvalue weighted by Crippen LogP contribution is -2.49. The fourth-order valence-corrected chi connectivity index (χ4v) is 6.43. The maximum atomic E-state index is 12.9. The van der Waals surface area contributed by atoms with E-state index in [2.05, 4.69) is 24.4 Å². The van der Waals surface area contributed by atoms with Crippen LogP contribution in [0.25, 0.3) is 0 Å². The van der Waals surface area contributed by atoms with Crippen molar-refractivity contribution in [3.63, 3.8) is 0 Å². The number of carbonyl (C=O) groups is 1. The van der Waals surface area contributed by atoms with Gasteiger partial charge in [0, 0.05) is 28.6 Å². The van der Waals surface area contributed by atoms with Crippen LogP contribution in [0.15, 0.2) is 42.6 Å². The highest BCUT2D eigenvalue weighted by Gasteiger charge is 2.52. The van der Waals surface area contributed by atoms with Crippen LogP contribution in [-0.2, 0) is 11.8 Å². The van der Waals surface area contributed by atoms with Crippen LogP contribution >= 0.6 is 0 Å². The summed E-state index contributed by atoms with van der Waals surface area (Å²) >= 11 is 0. The van der Waals surface area contributed by atoms with Crippen LogP contribution in [0.5, 0.6) is 0 Å². The number of nitrogens with zero attached hydrogens (tertiary/aromatic N) is 1. The molecule has 0 radical (unpaired) electrons. The largest absolute Gasteiger partial charge is 0.322 e. The van der Waals surface area contributed by atoms with Gasteiger partial charge in [-0.25, -0.2) is 0 Å². The van der Waals surface area contributed by atoms with Gasteiger partial charge in [0.25, 0.3) is 5.91 Å². The zero-order valence-electron chi connectivity index (χ0n) is 16.1. The van der Waals surface area contributed by atoms with Crippen molar-refractivity contribution in [1.29, 1.82) is 0 Å². The van der Waals surface area contributed by atoms with Crippen LogP contribution in [0.3, 0.4) is 0 Å². The first kappa shape index (κ1) is 17.0. The Kier molecular flexibility index (Phi) is 4.07. The average molecular weight is 361 g/mol. The first-order valence-electron chi connectivity index (χ1n) is 10.5. The number of amides is 1. The van der Waals surface area contributed by atoms with E-state index in [-0.39, 0.29) is 11.3 Å². The minimum Gasteiger partial charge on any atom is -0.322 e. The topological polar surface area (TPSA) is 42.0 Å². The highest BCUT2D eigenvalue weighted by atomic mass is 16.1. The molecule has 1 amide bonds. The van der Waals surface area contributed by atoms with Gasteiger partial charge in [0.15, 0.2) is 0 Å². The zero-order valence-corrected chi connectivity index (χ0v) is 16.1. The molecule has 1 aromatic carbocycles. The number of aromatic nitrogens is 1. The summed E-state index contributed by atoms with van der Waals surface area (Å²) in [5.74, 6) is 2.62. The number of anilines is 1. The molecule has 4 fully saturated rings. The molecule has 0 atom stereocenters. The lowest BCUT2D eigenvalue weighted by molar-refractivity contribution is -0.00721. The summed E-state index contributed by atoms with van der Waals surface area (Å²) in [5.41, 5.74) is 4.21. The maximum absolute atomic E-state index is 12.9. The Morgan fingerprint density at radius 3 is 2.41 bits per heavy atom. The van der Waals surface area contributed by atoms with Crippen molar-refractivity contribution in [3.8, 4) is 0 Å². The van der Waals surface area contributed by atoms with Crippen LogP contribution < -0.4 is 5.32 Å². The average Bonchev–Trinajstić information content (AvgIpc) is 2.67. The first-order chi connectivity index (χ1) is 13.1. The quantitative estimate of drug-likeness (QED) is 0.797. The Bertz CT molecular complexity index is 837. The number of rotatable bonds is 4. The van der Waals surface area contributed by atoms with Crippen molar-refractivity contribution < 1.29 is 4.79 Å². The lowest BCUT2D eigenvalue weighted by atomic mass is 9.48. The molecule has 4 aliphatic rings. The van der Waals surface area contributed by atoms with E-state index < -0.39 is 0 Å². The molecule has 4 bridgehead atoms. The van der Waals surface area contributed by atoms with Crippen LogP contribution in [0, 0.1) is 17.8 Å². The van der Waals surface area contributed by atoms with Gasteiger partial charge in [-0.15, -0.1) is 0 Å². The number of hydrogen-bond donors (Lipinski definition) is 1. The molecule has 2 aromatic rings. The maximum Gasteiger partial charge on any atom is 0.255 e. The minimum absolute atomic E-state index is 0.0238. The van der Waals surface area contributed by atoms with Gasteiger partial charge in [0.2, 0.25) is 0 Å². The van der Waals surface area contributed by atoms with Gasteiger partial charge in [-0.2, -0.15) is 0 Å². The van der Waals surface area contributed by atoms with Crippen molar-refractivity contribution in [2.24, 2.45) is 17.8 Å². The third-order valence-corrected chi connectivity index (χ3v) is 7.25. The number of aryl methyl sites for hydroxylation is 1. The molecule has 4 saturated carbocycles. The number of nitrogens with one attached hydrogen (secondary N) is 1. The molecule has 1 aromatic heterocycles. The number of benzene rings is 1. The summed E-state index contributed by atoms with van der Waals surface area (Å²) in [4.78, 5) is 17.7. The van der Waals surface area contributed by atoms with E-state index in [9.17, 15) is 4.79 Å². The Labute approximate surface area is 161 Å². The molecular formula is C24H28N2O. The van der Waals surface area contributed by atoms with Crippen LogP contribution in [-0.4, -0.2) is 10.9 Å². The van der Waals surface area contributed by atoms with Gasteiger partial charge >= 0.3 is 0 Å². The van der Waals surface area contributed by atoms with Crippen molar-refractivity contribution in [2.45, 2.75) is 57.3 Å². The predicted molar refractivity (Wildman–Crippen MR) is 108 cm³/mol. The second kappa shape index (κ2) is 6.47. The first-order valence-corrected chi connectivity index (χ1v) is 10.5. The van der Waals surface area contributed by atoms with Crippen LogP contribution in [0.2, 0.25) is 0 Å². The smallest absolute Gasteiger partial charge is 0.255 e. The normalized spacial score (nSPS) is 31.1. The second-order valence-corrected chi connectivity index (χ2v) is 9.09. The molecular weight excluding hydrogens is 332 g/mol. The molecule has 4 aliphatic carbocycles. The molecule has 0 saturated heterocycles. The number of pyridine rings is 1. The number of carbonyl (C=O) groups excluding carboxylic acids is 1. The third kappa shape index (κ3) is 2.97. The molecule has 1 N–H and O–H groups in total. The van der Waals surface area contributed by atoms with E-state index in [1.165, 1.54) is 44.1 Å². The minimum atomic E-state index is -0.0238. The number of para-hydroxylation sites is 1. The Balaban J connectivity index is 1.42. The zero-order chi connectivity index (χ0) is 18.4. The summed E-state index contributed by atoms with van der Waals surface area (Å²) in [6, 6.07) is 12.0. The Morgan fingerprint density at radius 1 is 1.07 bits per heavy atom. The van der Waals surface area contributed by atoms with Crippen LogP contribution in [0.4, 0.5) is 5.69 Å². The van der Waals surface area contributed by atoms with Gasteiger partial charge in [0.1, 0.15) is 0 Å². The monoisotopic (exact) mass is 360 g/mol. The number of hydrogen-bond acceptors (Lipinski definition) is 2. The van der Waals surface area contributed by atoms with Crippen molar-refractivity contribution in [3.05, 3.63) is 59.4 Å². The fourth-order valence-electron chi connectivity index (χ4n) is 6.43. The summed E-state index contributed by atoms with van der Waals surface area (Å²) in [6.07, 6.45) is 10.8. The van der Waals surface area contributed by atoms with E-state index in [1.807, 2.05) is 30.5 Å². The second-order valence-electron chi connectivity index (χ2n) is 9.09. The van der Waals surface area contributed by atoms with E-state index in [0.29, 0.717) is 0 Å². The summed E-state index contributed by atoms with van der Waals surface area (Å²) in [6.45, 7) is 2.11. The molecule has 27 heavy (non-hydrogen) atoms. The van der Waals surface area contributed by atoms with Crippen molar-refractivity contribution in [1.82, 2.24) is 4.98 Å². The van der Waals surface area contributed by atoms with E-state index >= 15 is 0 Å². The molecule has 0 spiro atoms. The van der Waals surface area contributed by atoms with Gasteiger partial charge in [0.05, 0.1) is 0 Å². The van der Waals surface area contributed by atoms with E-state index in [0.717, 1.165) is 41.1 Å². The Morgan fingerprint density at radius 2 is 1.74 bits per heavy atom. The van der Waals surface area contributed by atoms with Crippen LogP contribution in [0.1, 0.15) is 67.1 Å². The fraction of sp³-hybridized carbons (Fsp3) is 0.500. The molecule has 6 rings (SSSR count). The van der Waals surface area contributed by atoms with Crippen molar-refractivity contribution in [2.75, 3.05) is 5.32 Å². The summed E-state index contributed by atoms with van der Waals surface area (Å²) < 4.78 is 0. The van der Waals surface area contributed by atoms with E-state index in [4.69, 9.17) is 4.98 Å². The molecule has 3 heteroatoms. The third-order valence-electron chi connectivity index (χ3n) is 7.25. The van der Waals surface area contributed by atoms with Crippen molar-refractivity contribution >= 4 is 11.6 Å².